The second kappa shape index (κ2) is 7.58. The number of piperidine rings is 1. The van der Waals surface area contributed by atoms with Crippen molar-refractivity contribution in [3.63, 3.8) is 0 Å². The minimum absolute atomic E-state index is 0.0400. The van der Waals surface area contributed by atoms with E-state index in [1.165, 1.54) is 30.2 Å². The van der Waals surface area contributed by atoms with E-state index >= 15 is 0 Å². The summed E-state index contributed by atoms with van der Waals surface area (Å²) >= 11 is 0. The van der Waals surface area contributed by atoms with Crippen molar-refractivity contribution in [2.45, 2.75) is 95.4 Å². The van der Waals surface area contributed by atoms with E-state index in [2.05, 4.69) is 45.2 Å². The first-order valence-electron chi connectivity index (χ1n) is 11.1. The van der Waals surface area contributed by atoms with Crippen LogP contribution in [-0.4, -0.2) is 41.7 Å². The average Bonchev–Trinajstić information content (AvgIpc) is 3.21. The van der Waals surface area contributed by atoms with Crippen LogP contribution >= 0.6 is 0 Å². The summed E-state index contributed by atoms with van der Waals surface area (Å²) in [6, 6.07) is 12.3. The van der Waals surface area contributed by atoms with Crippen molar-refractivity contribution in [3.05, 3.63) is 35.9 Å². The Hall–Kier alpha value is -1.35. The van der Waals surface area contributed by atoms with Gasteiger partial charge < -0.3 is 9.22 Å². The van der Waals surface area contributed by atoms with Gasteiger partial charge in [0.05, 0.1) is 31.1 Å². The standard InChI is InChI=1S/C24H36NO2/c1-17(2)25(3)20-13-14-21(25)16-22(15-20)27-24(26)23(19-11-7-8-12-19)18-9-5-4-6-10-18/h4-6,9-10,17,19-23H,7-8,11-16H2,1-3H3/q+1. The van der Waals surface area contributed by atoms with Crippen molar-refractivity contribution < 1.29 is 14.0 Å². The van der Waals surface area contributed by atoms with Crippen LogP contribution in [0.1, 0.15) is 76.7 Å². The molecule has 4 rings (SSSR count). The molecule has 3 unspecified atom stereocenters. The summed E-state index contributed by atoms with van der Waals surface area (Å²) in [6.45, 7) is 4.70. The van der Waals surface area contributed by atoms with Crippen molar-refractivity contribution in [1.29, 1.82) is 0 Å². The van der Waals surface area contributed by atoms with Gasteiger partial charge in [-0.05, 0) is 38.2 Å². The fourth-order valence-corrected chi connectivity index (χ4v) is 6.36. The van der Waals surface area contributed by atoms with Crippen molar-refractivity contribution in [1.82, 2.24) is 0 Å². The van der Waals surface area contributed by atoms with Crippen LogP contribution in [0.15, 0.2) is 30.3 Å². The Bertz CT molecular complexity index is 636. The van der Waals surface area contributed by atoms with Gasteiger partial charge in [-0.25, -0.2) is 0 Å². The van der Waals surface area contributed by atoms with E-state index in [0.717, 1.165) is 31.2 Å². The Balaban J connectivity index is 1.48. The summed E-state index contributed by atoms with van der Waals surface area (Å²) in [7, 11) is 2.43. The number of ether oxygens (including phenoxy) is 1. The second-order valence-electron chi connectivity index (χ2n) is 9.66. The summed E-state index contributed by atoms with van der Waals surface area (Å²) in [5.74, 6) is 0.425. The number of benzene rings is 1. The van der Waals surface area contributed by atoms with E-state index in [1.54, 1.807) is 0 Å². The number of fused-ring (bicyclic) bond motifs is 2. The largest absolute Gasteiger partial charge is 0.461 e. The van der Waals surface area contributed by atoms with Crippen molar-refractivity contribution >= 4 is 5.97 Å². The Morgan fingerprint density at radius 1 is 1.00 bits per heavy atom. The molecule has 3 fully saturated rings. The summed E-state index contributed by atoms with van der Waals surface area (Å²) in [5, 5.41) is 0. The summed E-state index contributed by atoms with van der Waals surface area (Å²) in [4.78, 5) is 13.3. The van der Waals surface area contributed by atoms with E-state index in [9.17, 15) is 4.79 Å². The predicted molar refractivity (Wildman–Crippen MR) is 108 cm³/mol. The fraction of sp³-hybridized carbons (Fsp3) is 0.708. The molecular formula is C24H36NO2+. The molecule has 2 saturated heterocycles. The molecule has 2 bridgehead atoms. The summed E-state index contributed by atoms with van der Waals surface area (Å²) in [5.41, 5.74) is 1.15. The first-order valence-corrected chi connectivity index (χ1v) is 11.1. The smallest absolute Gasteiger partial charge is 0.313 e. The average molecular weight is 371 g/mol. The zero-order valence-corrected chi connectivity index (χ0v) is 17.3. The quantitative estimate of drug-likeness (QED) is 0.535. The van der Waals surface area contributed by atoms with Gasteiger partial charge >= 0.3 is 5.97 Å². The number of nitrogens with zero attached hydrogens (tertiary/aromatic N) is 1. The molecule has 1 aliphatic carbocycles. The van der Waals surface area contributed by atoms with Gasteiger partial charge in [0.2, 0.25) is 0 Å². The topological polar surface area (TPSA) is 26.3 Å². The maximum Gasteiger partial charge on any atom is 0.313 e. The molecule has 0 aromatic heterocycles. The first kappa shape index (κ1) is 19.0. The molecule has 1 aromatic carbocycles. The van der Waals surface area contributed by atoms with E-state index in [4.69, 9.17) is 4.74 Å². The number of quaternary nitrogens is 1. The number of carbonyl (C=O) groups excluding carboxylic acids is 1. The molecule has 0 N–H and O–H groups in total. The van der Waals surface area contributed by atoms with Crippen LogP contribution in [0.5, 0.6) is 0 Å². The highest BCUT2D eigenvalue weighted by atomic mass is 16.5. The molecule has 3 nitrogen and oxygen atoms in total. The lowest BCUT2D eigenvalue weighted by Crippen LogP contribution is -2.62. The van der Waals surface area contributed by atoms with Crippen LogP contribution in [0.4, 0.5) is 0 Å². The third kappa shape index (κ3) is 3.44. The Kier molecular flexibility index (Phi) is 5.33. The first-order chi connectivity index (χ1) is 13.0. The molecule has 1 saturated carbocycles. The van der Waals surface area contributed by atoms with Gasteiger partial charge in [-0.3, -0.25) is 4.79 Å². The van der Waals surface area contributed by atoms with Gasteiger partial charge in [0.15, 0.2) is 0 Å². The lowest BCUT2D eigenvalue weighted by atomic mass is 9.84. The SMILES string of the molecule is CC(C)[N+]1(C)C2CCC1CC(OC(=O)C(c1ccccc1)C1CCCC1)C2. The highest BCUT2D eigenvalue weighted by Gasteiger charge is 2.54. The molecule has 0 radical (unpaired) electrons. The number of hydrogen-bond donors (Lipinski definition) is 0. The van der Waals surface area contributed by atoms with Crippen LogP contribution in [0.2, 0.25) is 0 Å². The third-order valence-corrected chi connectivity index (χ3v) is 8.16. The van der Waals surface area contributed by atoms with Crippen LogP contribution < -0.4 is 0 Å². The molecule has 3 aliphatic rings. The molecular weight excluding hydrogens is 334 g/mol. The highest BCUT2D eigenvalue weighted by Crippen LogP contribution is 2.45. The normalized spacial score (nSPS) is 34.7. The molecule has 2 heterocycles. The van der Waals surface area contributed by atoms with E-state index < -0.39 is 0 Å². The molecule has 1 aromatic rings. The van der Waals surface area contributed by atoms with Crippen molar-refractivity contribution in [2.75, 3.05) is 7.05 Å². The van der Waals surface area contributed by atoms with E-state index in [1.807, 2.05) is 6.07 Å². The third-order valence-electron chi connectivity index (χ3n) is 8.16. The van der Waals surface area contributed by atoms with Gasteiger partial charge in [0.1, 0.15) is 6.10 Å². The maximum atomic E-state index is 13.3. The van der Waals surface area contributed by atoms with Gasteiger partial charge in [-0.1, -0.05) is 43.2 Å². The molecule has 0 spiro atoms. The Morgan fingerprint density at radius 2 is 1.59 bits per heavy atom. The number of carbonyl (C=O) groups is 1. The molecule has 0 amide bonds. The van der Waals surface area contributed by atoms with E-state index in [-0.39, 0.29) is 18.0 Å². The van der Waals surface area contributed by atoms with Crippen LogP contribution in [0.25, 0.3) is 0 Å². The Labute approximate surface area is 164 Å². The maximum absolute atomic E-state index is 13.3. The van der Waals surface area contributed by atoms with Gasteiger partial charge in [-0.2, -0.15) is 0 Å². The molecule has 2 aliphatic heterocycles. The van der Waals surface area contributed by atoms with Crippen LogP contribution in [-0.2, 0) is 9.53 Å². The number of rotatable bonds is 5. The molecule has 3 atom stereocenters. The fourth-order valence-electron chi connectivity index (χ4n) is 6.36. The van der Waals surface area contributed by atoms with E-state index in [0.29, 0.717) is 24.0 Å². The summed E-state index contributed by atoms with van der Waals surface area (Å²) < 4.78 is 7.40. The Morgan fingerprint density at radius 3 is 2.15 bits per heavy atom. The minimum atomic E-state index is -0.0701. The van der Waals surface area contributed by atoms with Crippen LogP contribution in [0, 0.1) is 5.92 Å². The van der Waals surface area contributed by atoms with Gasteiger partial charge in [-0.15, -0.1) is 0 Å². The zero-order valence-electron chi connectivity index (χ0n) is 17.3. The lowest BCUT2D eigenvalue weighted by molar-refractivity contribution is -0.968. The lowest BCUT2D eigenvalue weighted by Gasteiger charge is -2.49. The van der Waals surface area contributed by atoms with Crippen LogP contribution in [0.3, 0.4) is 0 Å². The van der Waals surface area contributed by atoms with Gasteiger partial charge in [0.25, 0.3) is 0 Å². The van der Waals surface area contributed by atoms with Crippen molar-refractivity contribution in [2.24, 2.45) is 5.92 Å². The number of esters is 1. The molecule has 27 heavy (non-hydrogen) atoms. The van der Waals surface area contributed by atoms with Crippen molar-refractivity contribution in [3.8, 4) is 0 Å². The second-order valence-corrected chi connectivity index (χ2v) is 9.66. The summed E-state index contributed by atoms with van der Waals surface area (Å²) in [6.07, 6.45) is 9.60. The molecule has 148 valence electrons. The predicted octanol–water partition coefficient (Wildman–Crippen LogP) is 5.05. The zero-order chi connectivity index (χ0) is 19.0. The minimum Gasteiger partial charge on any atom is -0.461 e. The molecule has 3 heteroatoms. The van der Waals surface area contributed by atoms with Gasteiger partial charge in [0, 0.05) is 25.7 Å². The number of hydrogen-bond acceptors (Lipinski definition) is 2. The monoisotopic (exact) mass is 370 g/mol. The highest BCUT2D eigenvalue weighted by molar-refractivity contribution is 5.78.